The Morgan fingerprint density at radius 2 is 2.31 bits per heavy atom. The monoisotopic (exact) mass is 269 g/mol. The SMILES string of the molecule is CSCCC(=O)NCCOCCBr. The van der Waals surface area contributed by atoms with Crippen LogP contribution in [0.3, 0.4) is 0 Å². The van der Waals surface area contributed by atoms with E-state index in [2.05, 4.69) is 21.2 Å². The number of carbonyl (C=O) groups is 1. The van der Waals surface area contributed by atoms with Crippen molar-refractivity contribution >= 4 is 33.6 Å². The smallest absolute Gasteiger partial charge is 0.220 e. The zero-order chi connectivity index (χ0) is 9.94. The minimum absolute atomic E-state index is 0.108. The second-order valence-electron chi connectivity index (χ2n) is 2.39. The quantitative estimate of drug-likeness (QED) is 0.533. The molecular formula is C8H16BrNO2S. The summed E-state index contributed by atoms with van der Waals surface area (Å²) in [4.78, 5) is 11.0. The highest BCUT2D eigenvalue weighted by Crippen LogP contribution is 1.94. The minimum Gasteiger partial charge on any atom is -0.379 e. The standard InChI is InChI=1S/C8H16BrNO2S/c1-13-7-2-8(11)10-4-6-12-5-3-9/h2-7H2,1H3,(H,10,11). The lowest BCUT2D eigenvalue weighted by atomic mass is 10.4. The molecule has 0 saturated carbocycles. The molecule has 0 fully saturated rings. The van der Waals surface area contributed by atoms with Crippen LogP contribution in [-0.2, 0) is 9.53 Å². The summed E-state index contributed by atoms with van der Waals surface area (Å²) >= 11 is 4.93. The highest BCUT2D eigenvalue weighted by molar-refractivity contribution is 9.09. The van der Waals surface area contributed by atoms with Gasteiger partial charge in [0, 0.05) is 24.0 Å². The number of hydrogen-bond acceptors (Lipinski definition) is 3. The molecule has 0 aromatic carbocycles. The van der Waals surface area contributed by atoms with Crippen LogP contribution in [0.15, 0.2) is 0 Å². The van der Waals surface area contributed by atoms with E-state index in [9.17, 15) is 4.79 Å². The van der Waals surface area contributed by atoms with Gasteiger partial charge in [0.05, 0.1) is 13.2 Å². The lowest BCUT2D eigenvalue weighted by Crippen LogP contribution is -2.27. The Labute approximate surface area is 92.1 Å². The zero-order valence-corrected chi connectivity index (χ0v) is 10.2. The number of halogens is 1. The average molecular weight is 270 g/mol. The maximum absolute atomic E-state index is 11.0. The first-order valence-corrected chi connectivity index (χ1v) is 6.72. The molecule has 0 saturated heterocycles. The van der Waals surface area contributed by atoms with Gasteiger partial charge in [-0.1, -0.05) is 15.9 Å². The van der Waals surface area contributed by atoms with Crippen molar-refractivity contribution < 1.29 is 9.53 Å². The first-order valence-electron chi connectivity index (χ1n) is 4.20. The van der Waals surface area contributed by atoms with Crippen molar-refractivity contribution in [2.45, 2.75) is 6.42 Å². The molecule has 3 nitrogen and oxygen atoms in total. The van der Waals surface area contributed by atoms with E-state index in [1.54, 1.807) is 11.8 Å². The third-order valence-electron chi connectivity index (χ3n) is 1.32. The third kappa shape index (κ3) is 10.2. The Bertz CT molecular complexity index is 135. The molecule has 0 aromatic heterocycles. The summed E-state index contributed by atoms with van der Waals surface area (Å²) in [5, 5.41) is 3.62. The van der Waals surface area contributed by atoms with Crippen LogP contribution in [0.5, 0.6) is 0 Å². The number of hydrogen-bond donors (Lipinski definition) is 1. The lowest BCUT2D eigenvalue weighted by Gasteiger charge is -2.04. The van der Waals surface area contributed by atoms with E-state index >= 15 is 0 Å². The van der Waals surface area contributed by atoms with Crippen molar-refractivity contribution in [1.29, 1.82) is 0 Å². The molecule has 0 atom stereocenters. The van der Waals surface area contributed by atoms with Crippen molar-refractivity contribution in [3.8, 4) is 0 Å². The van der Waals surface area contributed by atoms with E-state index in [1.807, 2.05) is 6.26 Å². The topological polar surface area (TPSA) is 38.3 Å². The molecular weight excluding hydrogens is 254 g/mol. The molecule has 1 N–H and O–H groups in total. The van der Waals surface area contributed by atoms with Gasteiger partial charge in [-0.2, -0.15) is 11.8 Å². The summed E-state index contributed by atoms with van der Waals surface area (Å²) in [6.07, 6.45) is 2.59. The number of amides is 1. The second kappa shape index (κ2) is 10.3. The predicted octanol–water partition coefficient (Wildman–Crippen LogP) is 1.27. The molecule has 0 radical (unpaired) electrons. The summed E-state index contributed by atoms with van der Waals surface area (Å²) in [5.41, 5.74) is 0. The molecule has 0 rings (SSSR count). The van der Waals surface area contributed by atoms with Gasteiger partial charge in [0.15, 0.2) is 0 Å². The Hall–Kier alpha value is 0.260. The van der Waals surface area contributed by atoms with Gasteiger partial charge in [-0.15, -0.1) is 0 Å². The molecule has 0 unspecified atom stereocenters. The van der Waals surface area contributed by atoms with E-state index in [1.165, 1.54) is 0 Å². The van der Waals surface area contributed by atoms with Crippen LogP contribution in [-0.4, -0.2) is 43.0 Å². The van der Waals surface area contributed by atoms with Crippen LogP contribution in [0.1, 0.15) is 6.42 Å². The fourth-order valence-corrected chi connectivity index (χ4v) is 1.32. The summed E-state index contributed by atoms with van der Waals surface area (Å²) < 4.78 is 5.17. The molecule has 5 heteroatoms. The molecule has 13 heavy (non-hydrogen) atoms. The number of rotatable bonds is 8. The van der Waals surface area contributed by atoms with Crippen molar-refractivity contribution in [2.24, 2.45) is 0 Å². The maximum atomic E-state index is 11.0. The molecule has 0 aromatic rings. The second-order valence-corrected chi connectivity index (χ2v) is 4.17. The Kier molecular flexibility index (Phi) is 10.5. The van der Waals surface area contributed by atoms with Crippen molar-refractivity contribution in [3.05, 3.63) is 0 Å². The highest BCUT2D eigenvalue weighted by Gasteiger charge is 1.98. The fraction of sp³-hybridized carbons (Fsp3) is 0.875. The van der Waals surface area contributed by atoms with Gasteiger partial charge >= 0.3 is 0 Å². The van der Waals surface area contributed by atoms with Gasteiger partial charge in [0.25, 0.3) is 0 Å². The van der Waals surface area contributed by atoms with E-state index < -0.39 is 0 Å². The summed E-state index contributed by atoms with van der Waals surface area (Å²) in [6.45, 7) is 1.90. The van der Waals surface area contributed by atoms with E-state index in [0.717, 1.165) is 11.1 Å². The normalized spacial score (nSPS) is 10.0. The summed E-state index contributed by atoms with van der Waals surface area (Å²) in [6, 6.07) is 0. The highest BCUT2D eigenvalue weighted by atomic mass is 79.9. The molecule has 0 aliphatic carbocycles. The van der Waals surface area contributed by atoms with Gasteiger partial charge in [-0.25, -0.2) is 0 Å². The molecule has 0 bridgehead atoms. The average Bonchev–Trinajstić information content (AvgIpc) is 2.14. The van der Waals surface area contributed by atoms with Gasteiger partial charge in [0.1, 0.15) is 0 Å². The third-order valence-corrected chi connectivity index (χ3v) is 2.26. The molecule has 0 aliphatic rings. The molecule has 0 heterocycles. The number of thioether (sulfide) groups is 1. The first-order chi connectivity index (χ1) is 6.31. The molecule has 1 amide bonds. The van der Waals surface area contributed by atoms with Crippen molar-refractivity contribution in [2.75, 3.05) is 37.1 Å². The Morgan fingerprint density at radius 3 is 2.92 bits per heavy atom. The number of nitrogens with one attached hydrogen (secondary N) is 1. The summed E-state index contributed by atoms with van der Waals surface area (Å²) in [5.74, 6) is 0.991. The number of alkyl halides is 1. The molecule has 0 aliphatic heterocycles. The van der Waals surface area contributed by atoms with Gasteiger partial charge in [-0.3, -0.25) is 4.79 Å². The minimum atomic E-state index is 0.108. The fourth-order valence-electron chi connectivity index (χ4n) is 0.702. The molecule has 0 spiro atoms. The van der Waals surface area contributed by atoms with Crippen LogP contribution < -0.4 is 5.32 Å². The van der Waals surface area contributed by atoms with Crippen LogP contribution in [0.25, 0.3) is 0 Å². The van der Waals surface area contributed by atoms with Crippen molar-refractivity contribution in [1.82, 2.24) is 5.32 Å². The maximum Gasteiger partial charge on any atom is 0.220 e. The largest absolute Gasteiger partial charge is 0.379 e. The Morgan fingerprint density at radius 1 is 1.54 bits per heavy atom. The number of carbonyl (C=O) groups excluding carboxylic acids is 1. The first kappa shape index (κ1) is 13.3. The number of ether oxygens (including phenoxy) is 1. The molecule has 78 valence electrons. The van der Waals surface area contributed by atoms with E-state index in [-0.39, 0.29) is 5.91 Å². The van der Waals surface area contributed by atoms with Crippen LogP contribution >= 0.6 is 27.7 Å². The van der Waals surface area contributed by atoms with Crippen molar-refractivity contribution in [3.63, 3.8) is 0 Å². The summed E-state index contributed by atoms with van der Waals surface area (Å²) in [7, 11) is 0. The van der Waals surface area contributed by atoms with Crippen LogP contribution in [0, 0.1) is 0 Å². The van der Waals surface area contributed by atoms with Crippen LogP contribution in [0.2, 0.25) is 0 Å². The Balaban J connectivity index is 3.08. The van der Waals surface area contributed by atoms with E-state index in [4.69, 9.17) is 4.74 Å². The predicted molar refractivity (Wildman–Crippen MR) is 60.6 cm³/mol. The van der Waals surface area contributed by atoms with Gasteiger partial charge in [0.2, 0.25) is 5.91 Å². The van der Waals surface area contributed by atoms with E-state index in [0.29, 0.717) is 26.2 Å². The van der Waals surface area contributed by atoms with Gasteiger partial charge < -0.3 is 10.1 Å². The van der Waals surface area contributed by atoms with Crippen LogP contribution in [0.4, 0.5) is 0 Å². The zero-order valence-electron chi connectivity index (χ0n) is 7.85. The lowest BCUT2D eigenvalue weighted by molar-refractivity contribution is -0.120. The van der Waals surface area contributed by atoms with Gasteiger partial charge in [-0.05, 0) is 6.26 Å².